The zero-order valence-electron chi connectivity index (χ0n) is 19.0. The standard InChI is InChI=1S/C27H29ClN2O2S/c1-20-8-6-7-11-23(20)18-33-19-26(31)30(17-22-12-14-24(28)15-13-22)25(27(32)29-2)16-21-9-4-3-5-10-21/h3-15,25H,16-19H2,1-2H3,(H,29,32)/t25-/m0/s1. The Balaban J connectivity index is 1.80. The highest BCUT2D eigenvalue weighted by molar-refractivity contribution is 7.99. The molecule has 0 radical (unpaired) electrons. The van der Waals surface area contributed by atoms with Crippen LogP contribution in [0.2, 0.25) is 5.02 Å². The van der Waals surface area contributed by atoms with Crippen LogP contribution in [-0.4, -0.2) is 35.6 Å². The van der Waals surface area contributed by atoms with Crippen molar-refractivity contribution in [2.75, 3.05) is 12.8 Å². The van der Waals surface area contributed by atoms with E-state index < -0.39 is 6.04 Å². The van der Waals surface area contributed by atoms with E-state index in [1.54, 1.807) is 35.8 Å². The molecule has 33 heavy (non-hydrogen) atoms. The number of thioether (sulfide) groups is 1. The van der Waals surface area contributed by atoms with Crippen molar-refractivity contribution < 1.29 is 9.59 Å². The van der Waals surface area contributed by atoms with Crippen LogP contribution in [-0.2, 0) is 28.3 Å². The molecule has 1 atom stereocenters. The summed E-state index contributed by atoms with van der Waals surface area (Å²) >= 11 is 7.61. The molecular formula is C27H29ClN2O2S. The Kier molecular flexibility index (Phi) is 9.40. The smallest absolute Gasteiger partial charge is 0.242 e. The molecular weight excluding hydrogens is 452 g/mol. The molecule has 1 N–H and O–H groups in total. The largest absolute Gasteiger partial charge is 0.357 e. The molecule has 3 aromatic carbocycles. The van der Waals surface area contributed by atoms with Crippen LogP contribution in [0.15, 0.2) is 78.9 Å². The number of hydrogen-bond acceptors (Lipinski definition) is 3. The van der Waals surface area contributed by atoms with Crippen LogP contribution in [0.4, 0.5) is 0 Å². The molecule has 2 amide bonds. The molecule has 0 fully saturated rings. The van der Waals surface area contributed by atoms with E-state index in [4.69, 9.17) is 11.6 Å². The number of likely N-dealkylation sites (N-methyl/N-ethyl adjacent to an activating group) is 1. The highest BCUT2D eigenvalue weighted by atomic mass is 35.5. The number of halogens is 1. The molecule has 4 nitrogen and oxygen atoms in total. The fourth-order valence-electron chi connectivity index (χ4n) is 3.61. The lowest BCUT2D eigenvalue weighted by atomic mass is 10.0. The quantitative estimate of drug-likeness (QED) is 0.430. The van der Waals surface area contributed by atoms with E-state index in [0.717, 1.165) is 16.9 Å². The number of amides is 2. The van der Waals surface area contributed by atoms with Crippen molar-refractivity contribution >= 4 is 35.2 Å². The summed E-state index contributed by atoms with van der Waals surface area (Å²) < 4.78 is 0. The monoisotopic (exact) mass is 480 g/mol. The third kappa shape index (κ3) is 7.37. The summed E-state index contributed by atoms with van der Waals surface area (Å²) in [5.74, 6) is 0.805. The van der Waals surface area contributed by atoms with E-state index in [-0.39, 0.29) is 11.8 Å². The van der Waals surface area contributed by atoms with Gasteiger partial charge in [0.25, 0.3) is 0 Å². The number of aryl methyl sites for hydroxylation is 1. The lowest BCUT2D eigenvalue weighted by Crippen LogP contribution is -2.50. The van der Waals surface area contributed by atoms with Crippen LogP contribution in [0.1, 0.15) is 22.3 Å². The minimum atomic E-state index is -0.611. The Bertz CT molecular complexity index is 1060. The molecule has 6 heteroatoms. The van der Waals surface area contributed by atoms with E-state index in [1.807, 2.05) is 54.6 Å². The van der Waals surface area contributed by atoms with Crippen LogP contribution in [0.3, 0.4) is 0 Å². The second-order valence-electron chi connectivity index (χ2n) is 7.89. The highest BCUT2D eigenvalue weighted by Gasteiger charge is 2.29. The second-order valence-corrected chi connectivity index (χ2v) is 9.31. The molecule has 0 saturated carbocycles. The van der Waals surface area contributed by atoms with Gasteiger partial charge in [-0.05, 0) is 41.3 Å². The van der Waals surface area contributed by atoms with Gasteiger partial charge in [-0.15, -0.1) is 11.8 Å². The van der Waals surface area contributed by atoms with Gasteiger partial charge in [0.2, 0.25) is 11.8 Å². The predicted molar refractivity (Wildman–Crippen MR) is 137 cm³/mol. The molecule has 172 valence electrons. The van der Waals surface area contributed by atoms with E-state index in [2.05, 4.69) is 24.4 Å². The molecule has 3 rings (SSSR count). The molecule has 0 aliphatic heterocycles. The van der Waals surface area contributed by atoms with E-state index in [9.17, 15) is 9.59 Å². The fourth-order valence-corrected chi connectivity index (χ4v) is 4.72. The first-order valence-corrected chi connectivity index (χ1v) is 12.4. The zero-order valence-corrected chi connectivity index (χ0v) is 20.5. The summed E-state index contributed by atoms with van der Waals surface area (Å²) in [5, 5.41) is 3.38. The first-order valence-electron chi connectivity index (χ1n) is 10.9. The van der Waals surface area contributed by atoms with Gasteiger partial charge in [-0.3, -0.25) is 9.59 Å². The average Bonchev–Trinajstić information content (AvgIpc) is 2.83. The average molecular weight is 481 g/mol. The number of nitrogens with one attached hydrogen (secondary N) is 1. The van der Waals surface area contributed by atoms with Gasteiger partial charge in [0.15, 0.2) is 0 Å². The lowest BCUT2D eigenvalue weighted by Gasteiger charge is -2.31. The van der Waals surface area contributed by atoms with Gasteiger partial charge in [0.1, 0.15) is 6.04 Å². The molecule has 0 saturated heterocycles. The number of hydrogen-bond donors (Lipinski definition) is 1. The van der Waals surface area contributed by atoms with E-state index in [1.165, 1.54) is 11.1 Å². The Hall–Kier alpha value is -2.76. The van der Waals surface area contributed by atoms with Gasteiger partial charge in [-0.25, -0.2) is 0 Å². The van der Waals surface area contributed by atoms with Gasteiger partial charge in [0, 0.05) is 30.8 Å². The minimum absolute atomic E-state index is 0.0620. The van der Waals surface area contributed by atoms with E-state index >= 15 is 0 Å². The number of carbonyl (C=O) groups is 2. The first-order chi connectivity index (χ1) is 16.0. The summed E-state index contributed by atoms with van der Waals surface area (Å²) in [4.78, 5) is 28.0. The van der Waals surface area contributed by atoms with Gasteiger partial charge < -0.3 is 10.2 Å². The van der Waals surface area contributed by atoms with E-state index in [0.29, 0.717) is 23.7 Å². The third-order valence-electron chi connectivity index (χ3n) is 5.53. The topological polar surface area (TPSA) is 49.4 Å². The van der Waals surface area contributed by atoms with Gasteiger partial charge in [-0.2, -0.15) is 0 Å². The van der Waals surface area contributed by atoms with Gasteiger partial charge in [0.05, 0.1) is 5.75 Å². The molecule has 0 aromatic heterocycles. The Morgan fingerprint density at radius 1 is 0.939 bits per heavy atom. The number of nitrogens with zero attached hydrogens (tertiary/aromatic N) is 1. The summed E-state index contributed by atoms with van der Waals surface area (Å²) in [6.45, 7) is 2.41. The number of carbonyl (C=O) groups excluding carboxylic acids is 2. The lowest BCUT2D eigenvalue weighted by molar-refractivity contribution is -0.139. The molecule has 0 bridgehead atoms. The maximum atomic E-state index is 13.4. The van der Waals surface area contributed by atoms with Crippen LogP contribution in [0, 0.1) is 6.92 Å². The third-order valence-corrected chi connectivity index (χ3v) is 6.75. The maximum Gasteiger partial charge on any atom is 0.242 e. The normalized spacial score (nSPS) is 11.6. The SMILES string of the molecule is CNC(=O)[C@H](Cc1ccccc1)N(Cc1ccc(Cl)cc1)C(=O)CSCc1ccccc1C. The van der Waals surface area contributed by atoms with Crippen molar-refractivity contribution in [2.45, 2.75) is 31.7 Å². The summed E-state index contributed by atoms with van der Waals surface area (Å²) in [7, 11) is 1.61. The van der Waals surface area contributed by atoms with Crippen molar-refractivity contribution in [3.8, 4) is 0 Å². The van der Waals surface area contributed by atoms with Gasteiger partial charge >= 0.3 is 0 Å². The molecule has 0 aliphatic rings. The summed E-state index contributed by atoms with van der Waals surface area (Å²) in [6.07, 6.45) is 0.447. The molecule has 0 unspecified atom stereocenters. The predicted octanol–water partition coefficient (Wildman–Crippen LogP) is 5.27. The fraction of sp³-hybridized carbons (Fsp3) is 0.259. The van der Waals surface area contributed by atoms with Crippen LogP contribution >= 0.6 is 23.4 Å². The Labute approximate surface area is 205 Å². The van der Waals surface area contributed by atoms with Crippen LogP contribution in [0.25, 0.3) is 0 Å². The maximum absolute atomic E-state index is 13.4. The molecule has 3 aromatic rings. The van der Waals surface area contributed by atoms with Crippen LogP contribution in [0.5, 0.6) is 0 Å². The van der Waals surface area contributed by atoms with Crippen molar-refractivity contribution in [1.29, 1.82) is 0 Å². The first kappa shape index (κ1) is 24.9. The van der Waals surface area contributed by atoms with Crippen molar-refractivity contribution in [1.82, 2.24) is 10.2 Å². The molecule has 0 aliphatic carbocycles. The van der Waals surface area contributed by atoms with Gasteiger partial charge in [-0.1, -0.05) is 78.3 Å². The number of benzene rings is 3. The summed E-state index contributed by atoms with van der Waals surface area (Å²) in [6, 6.07) is 24.8. The zero-order chi connectivity index (χ0) is 23.6. The highest BCUT2D eigenvalue weighted by Crippen LogP contribution is 2.20. The molecule has 0 spiro atoms. The van der Waals surface area contributed by atoms with Crippen molar-refractivity contribution in [2.24, 2.45) is 0 Å². The minimum Gasteiger partial charge on any atom is -0.357 e. The number of rotatable bonds is 10. The molecule has 0 heterocycles. The van der Waals surface area contributed by atoms with Crippen LogP contribution < -0.4 is 5.32 Å². The second kappa shape index (κ2) is 12.5. The Morgan fingerprint density at radius 2 is 1.61 bits per heavy atom. The van der Waals surface area contributed by atoms with Crippen molar-refractivity contribution in [3.05, 3.63) is 106 Å². The summed E-state index contributed by atoms with van der Waals surface area (Å²) in [5.41, 5.74) is 4.36. The van der Waals surface area contributed by atoms with Crippen molar-refractivity contribution in [3.63, 3.8) is 0 Å². The Morgan fingerprint density at radius 3 is 2.27 bits per heavy atom.